The number of aromatic hydroxyl groups is 5. The smallest absolute Gasteiger partial charge is 0.276 e. The molecule has 764 valence electrons. The van der Waals surface area contributed by atoms with Gasteiger partial charge in [-0.05, 0) is 117 Å². The molecule has 0 radical (unpaired) electrons. The second-order valence-electron chi connectivity index (χ2n) is 36.6. The van der Waals surface area contributed by atoms with Crippen molar-refractivity contribution in [3.63, 3.8) is 0 Å². The van der Waals surface area contributed by atoms with Gasteiger partial charge in [-0.1, -0.05) is 196 Å². The van der Waals surface area contributed by atoms with Crippen LogP contribution in [0.2, 0.25) is 0 Å². The molecule has 0 saturated heterocycles. The van der Waals surface area contributed by atoms with E-state index in [1.54, 1.807) is 53.6 Å². The van der Waals surface area contributed by atoms with Crippen LogP contribution < -0.4 is 27.1 Å². The molecule has 10 unspecified atom stereocenters. The normalized spacial score (nSPS) is 16.7. The van der Waals surface area contributed by atoms with Gasteiger partial charge < -0.3 is 54.6 Å². The van der Waals surface area contributed by atoms with E-state index < -0.39 is 104 Å². The fraction of sp³-hybridized carbons (Fsp3) is 0.291. The summed E-state index contributed by atoms with van der Waals surface area (Å²) >= 11 is 0. The van der Waals surface area contributed by atoms with Gasteiger partial charge in [-0.25, -0.2) is 28.4 Å². The molecule has 5 aliphatic heterocycles. The number of benzene rings is 5. The first-order chi connectivity index (χ1) is 72.3. The highest BCUT2D eigenvalue weighted by atomic mass is 16.3. The minimum atomic E-state index is -0.684. The van der Waals surface area contributed by atoms with E-state index in [0.717, 1.165) is 83.8 Å². The highest BCUT2D eigenvalue weighted by Gasteiger charge is 2.47. The first kappa shape index (κ1) is 104. The molecular formula is C110H109N25O15. The van der Waals surface area contributed by atoms with E-state index in [1.807, 2.05) is 276 Å². The summed E-state index contributed by atoms with van der Waals surface area (Å²) < 4.78 is 16.4. The fourth-order valence-corrected chi connectivity index (χ4v) is 19.0. The number of likely N-dealkylation sites (N-methyl/N-ethyl adjacent to an activating group) is 3. The molecule has 5 amide bonds. The van der Waals surface area contributed by atoms with Crippen LogP contribution in [0, 0.1) is 54.3 Å². The van der Waals surface area contributed by atoms with Gasteiger partial charge in [0, 0.05) is 116 Å². The Balaban J connectivity index is 0.000000134. The van der Waals surface area contributed by atoms with E-state index in [4.69, 9.17) is 0 Å². The molecule has 0 bridgehead atoms. The molecule has 40 heteroatoms. The van der Waals surface area contributed by atoms with Crippen LogP contribution >= 0.6 is 0 Å². The molecule has 15 aromatic rings. The van der Waals surface area contributed by atoms with Crippen molar-refractivity contribution in [1.82, 2.24) is 122 Å². The average molecular weight is 2020 g/mol. The average Bonchev–Trinajstić information content (AvgIpc) is 1.09. The molecule has 10 atom stereocenters. The number of hydrogen-bond donors (Lipinski definition) is 5. The lowest BCUT2D eigenvalue weighted by Crippen LogP contribution is -2.50. The Labute approximate surface area is 860 Å². The monoisotopic (exact) mass is 2020 g/mol. The molecule has 5 aromatic carbocycles. The minimum Gasteiger partial charge on any atom is -0.502 e. The Morgan fingerprint density at radius 3 is 0.833 bits per heavy atom. The number of aromatic nitrogens is 20. The third-order valence-corrected chi connectivity index (χ3v) is 26.1. The predicted molar refractivity (Wildman–Crippen MR) is 552 cm³/mol. The fourth-order valence-electron chi connectivity index (χ4n) is 19.0. The van der Waals surface area contributed by atoms with Crippen LogP contribution in [0.4, 0.5) is 0 Å². The van der Waals surface area contributed by atoms with Crippen molar-refractivity contribution in [3.05, 3.63) is 380 Å². The zero-order valence-electron chi connectivity index (χ0n) is 84.2. The maximum absolute atomic E-state index is 13.1. The van der Waals surface area contributed by atoms with Crippen LogP contribution in [0.3, 0.4) is 0 Å². The highest BCUT2D eigenvalue weighted by molar-refractivity contribution is 5.98. The van der Waals surface area contributed by atoms with Crippen molar-refractivity contribution in [3.8, 4) is 76.1 Å². The third kappa shape index (κ3) is 21.5. The number of rotatable bonds is 17. The number of fused-ring (bicyclic) bond motifs is 5. The lowest BCUT2D eigenvalue weighted by atomic mass is 9.96. The topological polar surface area (TPSA) is 466 Å². The van der Waals surface area contributed by atoms with Crippen LogP contribution in [0.25, 0.3) is 0 Å². The minimum absolute atomic E-state index is 0.0766. The van der Waals surface area contributed by atoms with Crippen LogP contribution in [0.15, 0.2) is 268 Å². The summed E-state index contributed by atoms with van der Waals surface area (Å²) in [6.07, 6.45) is 18.4. The lowest BCUT2D eigenvalue weighted by molar-refractivity contribution is 0.0539. The Morgan fingerprint density at radius 1 is 0.320 bits per heavy atom. The number of hydrogen-bond acceptors (Lipinski definition) is 25. The van der Waals surface area contributed by atoms with Gasteiger partial charge in [0.2, 0.25) is 27.1 Å². The van der Waals surface area contributed by atoms with Gasteiger partial charge >= 0.3 is 0 Å². The van der Waals surface area contributed by atoms with E-state index in [-0.39, 0.29) is 82.8 Å². The molecule has 0 spiro atoms. The van der Waals surface area contributed by atoms with Crippen LogP contribution in [-0.4, -0.2) is 243 Å². The van der Waals surface area contributed by atoms with E-state index in [1.165, 1.54) is 38.1 Å². The molecule has 10 aromatic heterocycles. The first-order valence-electron chi connectivity index (χ1n) is 48.6. The second kappa shape index (κ2) is 45.6. The number of carbonyl (C=O) groups is 5. The molecule has 150 heavy (non-hydrogen) atoms. The molecular weight excluding hydrogens is 1910 g/mol. The summed E-state index contributed by atoms with van der Waals surface area (Å²) in [5, 5.41) is 91.5. The number of nitrogens with zero attached hydrogens (tertiary/aromatic N) is 25. The molecule has 40 nitrogen and oxygen atoms in total. The highest BCUT2D eigenvalue weighted by Crippen LogP contribution is 2.43. The maximum Gasteiger partial charge on any atom is 0.276 e. The van der Waals surface area contributed by atoms with Gasteiger partial charge in [0.25, 0.3) is 29.5 Å². The summed E-state index contributed by atoms with van der Waals surface area (Å²) in [6.45, 7) is 18.9. The summed E-state index contributed by atoms with van der Waals surface area (Å²) in [7, 11) is 4.91. The quantitative estimate of drug-likeness (QED) is 0.0529. The predicted octanol–water partition coefficient (Wildman–Crippen LogP) is 9.83. The van der Waals surface area contributed by atoms with Crippen LogP contribution in [-0.2, 0) is 0 Å². The molecule has 5 aliphatic rings. The zero-order chi connectivity index (χ0) is 107. The number of imidazole rings is 1. The van der Waals surface area contributed by atoms with Crippen molar-refractivity contribution in [2.45, 2.75) is 154 Å². The Hall–Kier alpha value is -18.9. The van der Waals surface area contributed by atoms with E-state index in [2.05, 4.69) is 98.2 Å². The Bertz CT molecular complexity index is 7950. The largest absolute Gasteiger partial charge is 0.502 e. The van der Waals surface area contributed by atoms with Crippen LogP contribution in [0.1, 0.15) is 244 Å². The Morgan fingerprint density at radius 2 is 0.573 bits per heavy atom. The summed E-state index contributed by atoms with van der Waals surface area (Å²) in [6, 6.07) is 52.5. The zero-order valence-corrected chi connectivity index (χ0v) is 84.2. The summed E-state index contributed by atoms with van der Waals surface area (Å²) in [5.41, 5.74) is 4.37. The van der Waals surface area contributed by atoms with Gasteiger partial charge in [-0.15, -0.1) is 0 Å². The van der Waals surface area contributed by atoms with Crippen molar-refractivity contribution < 1.29 is 49.5 Å². The molecule has 0 saturated carbocycles. The molecule has 0 fully saturated rings. The van der Waals surface area contributed by atoms with E-state index in [9.17, 15) is 73.5 Å². The number of aryl methyl sites for hydroxylation is 1. The number of carbonyl (C=O) groups excluding carboxylic acids is 5. The van der Waals surface area contributed by atoms with Gasteiger partial charge in [0.1, 0.15) is 46.9 Å². The molecule has 20 rings (SSSR count). The second-order valence-corrected chi connectivity index (χ2v) is 36.6. The van der Waals surface area contributed by atoms with Crippen molar-refractivity contribution in [2.24, 2.45) is 0 Å². The summed E-state index contributed by atoms with van der Waals surface area (Å²) in [4.78, 5) is 136. The molecule has 5 N–H and O–H groups in total. The van der Waals surface area contributed by atoms with Gasteiger partial charge in [-0.2, -0.15) is 45.9 Å². The lowest BCUT2D eigenvalue weighted by Gasteiger charge is -2.40. The first-order valence-corrected chi connectivity index (χ1v) is 48.6. The van der Waals surface area contributed by atoms with E-state index >= 15 is 0 Å². The SMILES string of the molecule is CC#Cc1cn(C(c2ccccc2)C2CN(C)C(=O)c3c(O)c(=O)cnn32)cn1.CCC#Cc1ccn(C(c2ccccc2)C2CN(C(C)C)C(=O)c3c(O)c(=O)cnn32)n1.CCC#Cc1ccn(C(c2ccccc2)C2CN(C)C(=O)c3c(O)c(=O)cnn32)n1.CCC#Cc1ccn(C(c2ccccc2)C2CN(C)C(=O)c3c(O)c(=O)cnn32)n1.Cc1ccn(C(c2ccccc2)C2CN(C(C)C)C(=O)c3c(O)c(=O)cnn32)n1. The summed E-state index contributed by atoms with van der Waals surface area (Å²) in [5.74, 6) is 18.9. The molecule has 0 aliphatic carbocycles. The van der Waals surface area contributed by atoms with Gasteiger partial charge in [0.15, 0.2) is 57.2 Å². The maximum atomic E-state index is 13.1. The van der Waals surface area contributed by atoms with E-state index in [0.29, 0.717) is 55.5 Å². The van der Waals surface area contributed by atoms with Crippen molar-refractivity contribution in [1.29, 1.82) is 0 Å². The standard InChI is InChI=1S/C24H25N5O3.2C22H21N5O3.C21H23N5O3.C21H19N5O3/c1-4-5-11-18-12-13-28(26-18)21(17-9-7-6-8-10-17)19-15-27(16(2)3)24(32)22-23(31)20(30)14-25-29(19)22;2*1-3-4-10-16-11-12-26(24-16)19(15-8-6-5-7-9-15)17-14-25(2)22(30)20-21(29)18(28)13-23-27(17)20;1-13(2)24-12-16(26-19(21(24)29)20(28)17(27)11-22-26)18(15-7-5-4-6-8-15)25-10-9-14(3)23-25;1-3-7-15-11-25(13-22-15)18(14-8-5-4-6-9-14)16-12-24(2)21(29)19-20(28)17(27)10-23-26(16)19/h6-10,12-14,16,19,21,31H,4,15H2,1-3H3;2*5-9,11-13,17,19,29H,3,14H2,1-2H3;4-11,13,16,18,28H,12H2,1-3H3;4-6,8-11,13,16,18,28H,12H2,1-2H3. The Kier molecular flexibility index (Phi) is 31.6. The van der Waals surface area contributed by atoms with Crippen molar-refractivity contribution >= 4 is 29.5 Å². The van der Waals surface area contributed by atoms with Gasteiger partial charge in [-0.3, -0.25) is 66.7 Å². The van der Waals surface area contributed by atoms with Crippen molar-refractivity contribution in [2.75, 3.05) is 53.9 Å². The third-order valence-electron chi connectivity index (χ3n) is 26.1. The number of amides is 5. The molecule has 15 heterocycles. The van der Waals surface area contributed by atoms with Crippen LogP contribution in [0.5, 0.6) is 28.7 Å². The van der Waals surface area contributed by atoms with Gasteiger partial charge in [0.05, 0.1) is 79.3 Å².